The Hall–Kier alpha value is -1.44. The van der Waals surface area contributed by atoms with Gasteiger partial charge in [-0.25, -0.2) is 4.79 Å². The van der Waals surface area contributed by atoms with Crippen molar-refractivity contribution in [3.8, 4) is 0 Å². The Kier molecular flexibility index (Phi) is 5.33. The summed E-state index contributed by atoms with van der Waals surface area (Å²) >= 11 is 1.32. The van der Waals surface area contributed by atoms with Crippen LogP contribution >= 0.6 is 11.3 Å². The van der Waals surface area contributed by atoms with Crippen molar-refractivity contribution in [3.05, 3.63) is 22.4 Å². The normalized spacial score (nSPS) is 18.9. The number of ether oxygens (including phenoxy) is 1. The number of hydrogen-bond donors (Lipinski definition) is 3. The topological polar surface area (TPSA) is 87.7 Å². The van der Waals surface area contributed by atoms with Crippen LogP contribution in [0.4, 0.5) is 0 Å². The van der Waals surface area contributed by atoms with Crippen molar-refractivity contribution in [1.82, 2.24) is 10.6 Å². The zero-order chi connectivity index (χ0) is 15.3. The molecule has 1 unspecified atom stereocenters. The standard InChI is InChI=1S/C14H20N2O4S/c1-20-9-14(4-6-15-7-5-14)13(19)16-11(12(17)18)10-3-2-8-21-10/h2-3,8,11,15H,4-7,9H2,1H3,(H,16,19)(H,17,18). The molecule has 0 aliphatic carbocycles. The van der Waals surface area contributed by atoms with Gasteiger partial charge in [-0.3, -0.25) is 4.79 Å². The lowest BCUT2D eigenvalue weighted by Gasteiger charge is -2.36. The average Bonchev–Trinajstić information content (AvgIpc) is 2.99. The van der Waals surface area contributed by atoms with E-state index in [0.29, 0.717) is 24.3 Å². The lowest BCUT2D eigenvalue weighted by Crippen LogP contribution is -2.51. The van der Waals surface area contributed by atoms with Gasteiger partial charge in [0, 0.05) is 12.0 Å². The molecule has 1 aliphatic heterocycles. The summed E-state index contributed by atoms with van der Waals surface area (Å²) in [7, 11) is 1.56. The van der Waals surface area contributed by atoms with Crippen LogP contribution in [0.3, 0.4) is 0 Å². The second-order valence-electron chi connectivity index (χ2n) is 5.22. The van der Waals surface area contributed by atoms with E-state index in [-0.39, 0.29) is 5.91 Å². The Balaban J connectivity index is 2.14. The molecule has 2 rings (SSSR count). The third-order valence-corrected chi connectivity index (χ3v) is 4.75. The number of rotatable bonds is 6. The lowest BCUT2D eigenvalue weighted by molar-refractivity contribution is -0.146. The SMILES string of the molecule is COCC1(C(=O)NC(C(=O)O)c2cccs2)CCNCC1. The predicted octanol–water partition coefficient (Wildman–Crippen LogP) is 1.01. The Labute approximate surface area is 127 Å². The van der Waals surface area contributed by atoms with Crippen molar-refractivity contribution >= 4 is 23.2 Å². The number of carboxylic acid groups (broad SMARTS) is 1. The minimum absolute atomic E-state index is 0.244. The lowest BCUT2D eigenvalue weighted by atomic mass is 9.78. The van der Waals surface area contributed by atoms with Crippen molar-refractivity contribution in [2.24, 2.45) is 5.41 Å². The number of carbonyl (C=O) groups excluding carboxylic acids is 1. The first kappa shape index (κ1) is 15.9. The van der Waals surface area contributed by atoms with Crippen molar-refractivity contribution in [3.63, 3.8) is 0 Å². The van der Waals surface area contributed by atoms with Gasteiger partial charge in [0.15, 0.2) is 6.04 Å². The highest BCUT2D eigenvalue weighted by Crippen LogP contribution is 2.31. The molecule has 1 saturated heterocycles. The molecular formula is C14H20N2O4S. The summed E-state index contributed by atoms with van der Waals surface area (Å²) in [6.45, 7) is 1.76. The molecule has 2 heterocycles. The predicted molar refractivity (Wildman–Crippen MR) is 79.3 cm³/mol. The van der Waals surface area contributed by atoms with Crippen molar-refractivity contribution in [1.29, 1.82) is 0 Å². The Bertz CT molecular complexity index is 478. The molecule has 3 N–H and O–H groups in total. The molecule has 7 heteroatoms. The number of carboxylic acids is 1. The average molecular weight is 312 g/mol. The molecule has 1 aliphatic rings. The number of thiophene rings is 1. The summed E-state index contributed by atoms with van der Waals surface area (Å²) in [5.41, 5.74) is -0.648. The quantitative estimate of drug-likeness (QED) is 0.729. The van der Waals surface area contributed by atoms with Crippen LogP contribution in [-0.4, -0.2) is 43.8 Å². The summed E-state index contributed by atoms with van der Waals surface area (Å²) in [5.74, 6) is -1.29. The van der Waals surface area contributed by atoms with Gasteiger partial charge in [0.05, 0.1) is 12.0 Å². The summed E-state index contributed by atoms with van der Waals surface area (Å²) in [6, 6.07) is 2.49. The second kappa shape index (κ2) is 7.02. The first-order valence-electron chi connectivity index (χ1n) is 6.86. The van der Waals surface area contributed by atoms with Crippen LogP contribution in [0.15, 0.2) is 17.5 Å². The van der Waals surface area contributed by atoms with Gasteiger partial charge in [0.1, 0.15) is 0 Å². The van der Waals surface area contributed by atoms with E-state index in [9.17, 15) is 14.7 Å². The second-order valence-corrected chi connectivity index (χ2v) is 6.20. The Morgan fingerprint density at radius 2 is 2.24 bits per heavy atom. The smallest absolute Gasteiger partial charge is 0.331 e. The molecule has 0 bridgehead atoms. The van der Waals surface area contributed by atoms with Crippen LogP contribution in [-0.2, 0) is 14.3 Å². The van der Waals surface area contributed by atoms with E-state index < -0.39 is 17.4 Å². The molecule has 1 aromatic heterocycles. The fraction of sp³-hybridized carbons (Fsp3) is 0.571. The molecule has 1 amide bonds. The highest BCUT2D eigenvalue weighted by Gasteiger charge is 2.41. The molecule has 0 aromatic carbocycles. The van der Waals surface area contributed by atoms with Crippen LogP contribution < -0.4 is 10.6 Å². The highest BCUT2D eigenvalue weighted by molar-refractivity contribution is 7.10. The van der Waals surface area contributed by atoms with Gasteiger partial charge in [0.2, 0.25) is 5.91 Å². The van der Waals surface area contributed by atoms with E-state index >= 15 is 0 Å². The minimum atomic E-state index is -1.05. The molecule has 0 spiro atoms. The summed E-state index contributed by atoms with van der Waals surface area (Å²) in [6.07, 6.45) is 1.28. The van der Waals surface area contributed by atoms with Crippen molar-refractivity contribution < 1.29 is 19.4 Å². The van der Waals surface area contributed by atoms with Gasteiger partial charge in [-0.05, 0) is 37.4 Å². The number of hydrogen-bond acceptors (Lipinski definition) is 5. The highest BCUT2D eigenvalue weighted by atomic mass is 32.1. The van der Waals surface area contributed by atoms with Crippen molar-refractivity contribution in [2.75, 3.05) is 26.8 Å². The van der Waals surface area contributed by atoms with Gasteiger partial charge >= 0.3 is 5.97 Å². The van der Waals surface area contributed by atoms with Gasteiger partial charge in [-0.1, -0.05) is 6.07 Å². The molecule has 6 nitrogen and oxygen atoms in total. The molecular weight excluding hydrogens is 292 g/mol. The summed E-state index contributed by atoms with van der Waals surface area (Å²) in [4.78, 5) is 24.7. The monoisotopic (exact) mass is 312 g/mol. The fourth-order valence-electron chi connectivity index (χ4n) is 2.61. The first-order chi connectivity index (χ1) is 10.1. The Morgan fingerprint density at radius 3 is 2.76 bits per heavy atom. The van der Waals surface area contributed by atoms with Crippen LogP contribution in [0.2, 0.25) is 0 Å². The van der Waals surface area contributed by atoms with Crippen LogP contribution in [0.5, 0.6) is 0 Å². The van der Waals surface area contributed by atoms with Crippen LogP contribution in [0, 0.1) is 5.41 Å². The van der Waals surface area contributed by atoms with E-state index in [1.54, 1.807) is 24.6 Å². The molecule has 1 atom stereocenters. The summed E-state index contributed by atoms with van der Waals surface area (Å²) < 4.78 is 5.21. The number of carbonyl (C=O) groups is 2. The number of piperidine rings is 1. The number of aliphatic carboxylic acids is 1. The van der Waals surface area contributed by atoms with E-state index in [1.807, 2.05) is 0 Å². The minimum Gasteiger partial charge on any atom is -0.479 e. The molecule has 0 saturated carbocycles. The van der Waals surface area contributed by atoms with Gasteiger partial charge in [-0.2, -0.15) is 0 Å². The number of methoxy groups -OCH3 is 1. The third kappa shape index (κ3) is 3.61. The maximum absolute atomic E-state index is 12.6. The fourth-order valence-corrected chi connectivity index (χ4v) is 3.38. The zero-order valence-electron chi connectivity index (χ0n) is 11.9. The summed E-state index contributed by atoms with van der Waals surface area (Å²) in [5, 5.41) is 17.0. The maximum Gasteiger partial charge on any atom is 0.331 e. The molecule has 1 aromatic rings. The van der Waals surface area contributed by atoms with Gasteiger partial charge in [0.25, 0.3) is 0 Å². The van der Waals surface area contributed by atoms with E-state index in [4.69, 9.17) is 4.74 Å². The van der Waals surface area contributed by atoms with E-state index in [1.165, 1.54) is 11.3 Å². The first-order valence-corrected chi connectivity index (χ1v) is 7.74. The van der Waals surface area contributed by atoms with E-state index in [0.717, 1.165) is 13.1 Å². The number of nitrogens with one attached hydrogen (secondary N) is 2. The van der Waals surface area contributed by atoms with Crippen LogP contribution in [0.25, 0.3) is 0 Å². The molecule has 0 radical (unpaired) electrons. The number of amides is 1. The van der Waals surface area contributed by atoms with Gasteiger partial charge in [-0.15, -0.1) is 11.3 Å². The maximum atomic E-state index is 12.6. The zero-order valence-corrected chi connectivity index (χ0v) is 12.7. The largest absolute Gasteiger partial charge is 0.479 e. The molecule has 116 valence electrons. The van der Waals surface area contributed by atoms with Gasteiger partial charge < -0.3 is 20.5 Å². The van der Waals surface area contributed by atoms with E-state index in [2.05, 4.69) is 10.6 Å². The van der Waals surface area contributed by atoms with Crippen LogP contribution in [0.1, 0.15) is 23.8 Å². The van der Waals surface area contributed by atoms with Crippen molar-refractivity contribution in [2.45, 2.75) is 18.9 Å². The molecule has 1 fully saturated rings. The molecule has 21 heavy (non-hydrogen) atoms. The third-order valence-electron chi connectivity index (χ3n) is 3.81. The Morgan fingerprint density at radius 1 is 1.52 bits per heavy atom.